The molecule has 96 valence electrons. The van der Waals surface area contributed by atoms with Crippen molar-refractivity contribution in [1.29, 1.82) is 0 Å². The Morgan fingerprint density at radius 3 is 2.47 bits per heavy atom. The lowest BCUT2D eigenvalue weighted by Crippen LogP contribution is -2.02. The standard InChI is InChI=1S/C14H23NOS/c1-12(2)7-9-17-10-8-16-14-5-3-13(11-15)4-6-14/h3-6,12H,7-11,15H2,1-2H3. The van der Waals surface area contributed by atoms with Gasteiger partial charge in [-0.15, -0.1) is 0 Å². The molecule has 1 rings (SSSR count). The van der Waals surface area contributed by atoms with Gasteiger partial charge >= 0.3 is 0 Å². The van der Waals surface area contributed by atoms with E-state index in [1.54, 1.807) is 0 Å². The van der Waals surface area contributed by atoms with Gasteiger partial charge in [-0.1, -0.05) is 26.0 Å². The minimum atomic E-state index is 0.589. The number of hydrogen-bond acceptors (Lipinski definition) is 3. The van der Waals surface area contributed by atoms with Crippen LogP contribution >= 0.6 is 11.8 Å². The Kier molecular flexibility index (Phi) is 7.13. The normalized spacial score (nSPS) is 10.8. The summed E-state index contributed by atoms with van der Waals surface area (Å²) in [5.41, 5.74) is 6.68. The van der Waals surface area contributed by atoms with Crippen LogP contribution in [-0.2, 0) is 6.54 Å². The maximum atomic E-state index is 5.65. The van der Waals surface area contributed by atoms with Crippen molar-refractivity contribution in [2.24, 2.45) is 11.7 Å². The molecule has 2 nitrogen and oxygen atoms in total. The first-order chi connectivity index (χ1) is 8.22. The highest BCUT2D eigenvalue weighted by Gasteiger charge is 1.96. The summed E-state index contributed by atoms with van der Waals surface area (Å²) in [5, 5.41) is 0. The predicted octanol–water partition coefficient (Wildman–Crippen LogP) is 3.30. The topological polar surface area (TPSA) is 35.2 Å². The van der Waals surface area contributed by atoms with Gasteiger partial charge in [-0.05, 0) is 35.8 Å². The first-order valence-corrected chi connectivity index (χ1v) is 7.37. The van der Waals surface area contributed by atoms with E-state index in [-0.39, 0.29) is 0 Å². The summed E-state index contributed by atoms with van der Waals surface area (Å²) in [5.74, 6) is 4.03. The monoisotopic (exact) mass is 253 g/mol. The molecular formula is C14H23NOS. The Bertz CT molecular complexity index is 298. The van der Waals surface area contributed by atoms with E-state index >= 15 is 0 Å². The highest BCUT2D eigenvalue weighted by Crippen LogP contribution is 2.13. The summed E-state index contributed by atoms with van der Waals surface area (Å²) >= 11 is 1.96. The van der Waals surface area contributed by atoms with E-state index in [1.165, 1.54) is 12.2 Å². The third-order valence-corrected chi connectivity index (χ3v) is 3.47. The number of benzene rings is 1. The highest BCUT2D eigenvalue weighted by atomic mass is 32.2. The molecule has 0 aliphatic heterocycles. The maximum absolute atomic E-state index is 5.65. The fourth-order valence-electron chi connectivity index (χ4n) is 1.36. The summed E-state index contributed by atoms with van der Waals surface area (Å²) in [6, 6.07) is 8.00. The van der Waals surface area contributed by atoms with Gasteiger partial charge < -0.3 is 10.5 Å². The summed E-state index contributed by atoms with van der Waals surface area (Å²) in [6.07, 6.45) is 1.29. The lowest BCUT2D eigenvalue weighted by atomic mass is 10.2. The van der Waals surface area contributed by atoms with Crippen molar-refractivity contribution in [1.82, 2.24) is 0 Å². The van der Waals surface area contributed by atoms with E-state index in [4.69, 9.17) is 10.5 Å². The van der Waals surface area contributed by atoms with Gasteiger partial charge in [0, 0.05) is 12.3 Å². The second-order valence-corrected chi connectivity index (χ2v) is 5.72. The Labute approximate surface area is 109 Å². The zero-order valence-corrected chi connectivity index (χ0v) is 11.6. The van der Waals surface area contributed by atoms with Crippen molar-refractivity contribution >= 4 is 11.8 Å². The fourth-order valence-corrected chi connectivity index (χ4v) is 2.40. The van der Waals surface area contributed by atoms with Gasteiger partial charge in [-0.2, -0.15) is 11.8 Å². The molecule has 0 unspecified atom stereocenters. The van der Waals surface area contributed by atoms with Crippen molar-refractivity contribution in [2.75, 3.05) is 18.1 Å². The van der Waals surface area contributed by atoms with E-state index in [0.29, 0.717) is 6.54 Å². The molecule has 0 aromatic heterocycles. The summed E-state index contributed by atoms with van der Waals surface area (Å²) in [7, 11) is 0. The van der Waals surface area contributed by atoms with Crippen LogP contribution < -0.4 is 10.5 Å². The molecule has 0 atom stereocenters. The SMILES string of the molecule is CC(C)CCSCCOc1ccc(CN)cc1. The zero-order chi connectivity index (χ0) is 12.5. The minimum Gasteiger partial charge on any atom is -0.493 e. The molecule has 1 aromatic rings. The predicted molar refractivity (Wildman–Crippen MR) is 76.6 cm³/mol. The van der Waals surface area contributed by atoms with Crippen molar-refractivity contribution < 1.29 is 4.74 Å². The van der Waals surface area contributed by atoms with E-state index < -0.39 is 0 Å². The van der Waals surface area contributed by atoms with Gasteiger partial charge in [0.1, 0.15) is 5.75 Å². The molecule has 3 heteroatoms. The molecule has 0 saturated carbocycles. The maximum Gasteiger partial charge on any atom is 0.119 e. The van der Waals surface area contributed by atoms with Crippen LogP contribution in [0.15, 0.2) is 24.3 Å². The molecular weight excluding hydrogens is 230 g/mol. The number of rotatable bonds is 8. The second kappa shape index (κ2) is 8.43. The van der Waals surface area contributed by atoms with Crippen LogP contribution in [0.1, 0.15) is 25.8 Å². The quantitative estimate of drug-likeness (QED) is 0.722. The lowest BCUT2D eigenvalue weighted by Gasteiger charge is -2.07. The zero-order valence-electron chi connectivity index (χ0n) is 10.8. The van der Waals surface area contributed by atoms with Crippen LogP contribution in [0.2, 0.25) is 0 Å². The first kappa shape index (κ1) is 14.4. The number of hydrogen-bond donors (Lipinski definition) is 1. The first-order valence-electron chi connectivity index (χ1n) is 6.22. The Morgan fingerprint density at radius 1 is 1.18 bits per heavy atom. The number of thioether (sulfide) groups is 1. The smallest absolute Gasteiger partial charge is 0.119 e. The van der Waals surface area contributed by atoms with Crippen LogP contribution in [0.5, 0.6) is 5.75 Å². The third kappa shape index (κ3) is 6.59. The highest BCUT2D eigenvalue weighted by molar-refractivity contribution is 7.99. The van der Waals surface area contributed by atoms with Crippen molar-refractivity contribution in [2.45, 2.75) is 26.8 Å². The second-order valence-electron chi connectivity index (χ2n) is 4.49. The molecule has 0 bridgehead atoms. The average Bonchev–Trinajstić information content (AvgIpc) is 2.34. The van der Waals surface area contributed by atoms with E-state index in [0.717, 1.165) is 29.6 Å². The largest absolute Gasteiger partial charge is 0.493 e. The fraction of sp³-hybridized carbons (Fsp3) is 0.571. The summed E-state index contributed by atoms with van der Waals surface area (Å²) < 4.78 is 5.65. The number of nitrogens with two attached hydrogens (primary N) is 1. The lowest BCUT2D eigenvalue weighted by molar-refractivity contribution is 0.344. The van der Waals surface area contributed by atoms with Crippen LogP contribution in [-0.4, -0.2) is 18.1 Å². The van der Waals surface area contributed by atoms with E-state index in [9.17, 15) is 0 Å². The Morgan fingerprint density at radius 2 is 1.88 bits per heavy atom. The molecule has 0 fully saturated rings. The molecule has 17 heavy (non-hydrogen) atoms. The molecule has 0 aliphatic carbocycles. The Balaban J connectivity index is 2.09. The molecule has 0 aliphatic rings. The van der Waals surface area contributed by atoms with E-state index in [2.05, 4.69) is 13.8 Å². The molecule has 2 N–H and O–H groups in total. The summed E-state index contributed by atoms with van der Waals surface area (Å²) in [6.45, 7) is 5.89. The van der Waals surface area contributed by atoms with Gasteiger partial charge in [-0.25, -0.2) is 0 Å². The van der Waals surface area contributed by atoms with Gasteiger partial charge in [0.05, 0.1) is 6.61 Å². The van der Waals surface area contributed by atoms with Crippen LogP contribution in [0.4, 0.5) is 0 Å². The van der Waals surface area contributed by atoms with Crippen molar-refractivity contribution in [3.05, 3.63) is 29.8 Å². The molecule has 0 saturated heterocycles. The van der Waals surface area contributed by atoms with Gasteiger partial charge in [0.2, 0.25) is 0 Å². The summed E-state index contributed by atoms with van der Waals surface area (Å²) in [4.78, 5) is 0. The average molecular weight is 253 g/mol. The minimum absolute atomic E-state index is 0.589. The van der Waals surface area contributed by atoms with Crippen molar-refractivity contribution in [3.8, 4) is 5.75 Å². The van der Waals surface area contributed by atoms with Crippen LogP contribution in [0.25, 0.3) is 0 Å². The third-order valence-electron chi connectivity index (χ3n) is 2.49. The number of ether oxygens (including phenoxy) is 1. The van der Waals surface area contributed by atoms with Crippen LogP contribution in [0, 0.1) is 5.92 Å². The van der Waals surface area contributed by atoms with Gasteiger partial charge in [0.15, 0.2) is 0 Å². The molecule has 0 spiro atoms. The molecule has 1 aromatic carbocycles. The van der Waals surface area contributed by atoms with Crippen molar-refractivity contribution in [3.63, 3.8) is 0 Å². The van der Waals surface area contributed by atoms with Crippen LogP contribution in [0.3, 0.4) is 0 Å². The van der Waals surface area contributed by atoms with E-state index in [1.807, 2.05) is 36.0 Å². The Hall–Kier alpha value is -0.670. The van der Waals surface area contributed by atoms with Gasteiger partial charge in [-0.3, -0.25) is 0 Å². The molecule has 0 heterocycles. The van der Waals surface area contributed by atoms with Gasteiger partial charge in [0.25, 0.3) is 0 Å². The molecule has 0 amide bonds. The molecule has 0 radical (unpaired) electrons.